The molecule has 126 valence electrons. The quantitative estimate of drug-likeness (QED) is 0.820. The highest BCUT2D eigenvalue weighted by Gasteiger charge is 2.21. The Bertz CT molecular complexity index is 558. The molecular formula is C17H22Cl2N2O2. The topological polar surface area (TPSA) is 58.2 Å². The van der Waals surface area contributed by atoms with Crippen LogP contribution in [0.4, 0.5) is 0 Å². The Morgan fingerprint density at radius 3 is 2.52 bits per heavy atom. The second-order valence-electron chi connectivity index (χ2n) is 5.89. The van der Waals surface area contributed by atoms with E-state index in [2.05, 4.69) is 10.6 Å². The Labute approximate surface area is 146 Å². The fourth-order valence-corrected chi connectivity index (χ4v) is 3.30. The first-order valence-electron chi connectivity index (χ1n) is 8.04. The van der Waals surface area contributed by atoms with E-state index in [1.54, 1.807) is 12.1 Å². The van der Waals surface area contributed by atoms with Crippen molar-refractivity contribution in [2.75, 3.05) is 13.1 Å². The molecule has 4 nitrogen and oxygen atoms in total. The molecule has 0 aromatic heterocycles. The maximum absolute atomic E-state index is 12.0. The largest absolute Gasteiger partial charge is 0.354 e. The minimum Gasteiger partial charge on any atom is -0.354 e. The number of amides is 2. The van der Waals surface area contributed by atoms with Crippen LogP contribution in [-0.4, -0.2) is 24.9 Å². The van der Waals surface area contributed by atoms with E-state index >= 15 is 0 Å². The molecule has 0 spiro atoms. The SMILES string of the molecule is O=C(CNC(=O)C1CCCCC1)NCCc1ccc(Cl)cc1Cl. The molecule has 1 aliphatic rings. The van der Waals surface area contributed by atoms with Gasteiger partial charge in [-0.25, -0.2) is 0 Å². The Kier molecular flexibility index (Phi) is 7.18. The lowest BCUT2D eigenvalue weighted by Crippen LogP contribution is -2.40. The molecule has 0 bridgehead atoms. The van der Waals surface area contributed by atoms with Gasteiger partial charge in [-0.05, 0) is 37.0 Å². The summed E-state index contributed by atoms with van der Waals surface area (Å²) in [7, 11) is 0. The summed E-state index contributed by atoms with van der Waals surface area (Å²) >= 11 is 11.9. The molecule has 0 atom stereocenters. The maximum Gasteiger partial charge on any atom is 0.239 e. The highest BCUT2D eigenvalue weighted by molar-refractivity contribution is 6.35. The molecule has 0 saturated heterocycles. The van der Waals surface area contributed by atoms with Crippen LogP contribution < -0.4 is 10.6 Å². The zero-order chi connectivity index (χ0) is 16.7. The van der Waals surface area contributed by atoms with Crippen LogP contribution in [0.1, 0.15) is 37.7 Å². The maximum atomic E-state index is 12.0. The van der Waals surface area contributed by atoms with Crippen molar-refractivity contribution in [3.63, 3.8) is 0 Å². The van der Waals surface area contributed by atoms with Gasteiger partial charge in [0.25, 0.3) is 0 Å². The molecule has 1 aromatic rings. The van der Waals surface area contributed by atoms with Crippen molar-refractivity contribution in [1.82, 2.24) is 10.6 Å². The van der Waals surface area contributed by atoms with Crippen molar-refractivity contribution in [1.29, 1.82) is 0 Å². The van der Waals surface area contributed by atoms with Gasteiger partial charge in [-0.2, -0.15) is 0 Å². The summed E-state index contributed by atoms with van der Waals surface area (Å²) in [5, 5.41) is 6.70. The van der Waals surface area contributed by atoms with Crippen LogP contribution in [0.3, 0.4) is 0 Å². The average Bonchev–Trinajstić information content (AvgIpc) is 2.55. The van der Waals surface area contributed by atoms with Gasteiger partial charge in [0.05, 0.1) is 6.54 Å². The fraction of sp³-hybridized carbons (Fsp3) is 0.529. The second kappa shape index (κ2) is 9.14. The van der Waals surface area contributed by atoms with E-state index in [1.807, 2.05) is 6.07 Å². The Balaban J connectivity index is 1.65. The minimum absolute atomic E-state index is 0.000552. The zero-order valence-corrected chi connectivity index (χ0v) is 14.6. The number of hydrogen-bond donors (Lipinski definition) is 2. The van der Waals surface area contributed by atoms with E-state index in [0.29, 0.717) is 23.0 Å². The average molecular weight is 357 g/mol. The normalized spacial score (nSPS) is 15.2. The van der Waals surface area contributed by atoms with E-state index < -0.39 is 0 Å². The summed E-state index contributed by atoms with van der Waals surface area (Å²) in [5.74, 6) is -0.107. The highest BCUT2D eigenvalue weighted by atomic mass is 35.5. The predicted octanol–water partition coefficient (Wildman–Crippen LogP) is 3.35. The van der Waals surface area contributed by atoms with Crippen molar-refractivity contribution >= 4 is 35.0 Å². The first-order chi connectivity index (χ1) is 11.1. The van der Waals surface area contributed by atoms with Gasteiger partial charge < -0.3 is 10.6 Å². The van der Waals surface area contributed by atoms with Gasteiger partial charge in [0.15, 0.2) is 0 Å². The number of halogens is 2. The van der Waals surface area contributed by atoms with Crippen LogP contribution in [0.2, 0.25) is 10.0 Å². The number of carbonyl (C=O) groups excluding carboxylic acids is 2. The van der Waals surface area contributed by atoms with Crippen LogP contribution in [-0.2, 0) is 16.0 Å². The number of nitrogens with one attached hydrogen (secondary N) is 2. The molecule has 1 fully saturated rings. The molecule has 6 heteroatoms. The Hall–Kier alpha value is -1.26. The first kappa shape index (κ1) is 18.1. The molecule has 2 N–H and O–H groups in total. The Morgan fingerprint density at radius 1 is 1.09 bits per heavy atom. The van der Waals surface area contributed by atoms with Crippen LogP contribution >= 0.6 is 23.2 Å². The van der Waals surface area contributed by atoms with Gasteiger partial charge in [0.1, 0.15) is 0 Å². The number of hydrogen-bond acceptors (Lipinski definition) is 2. The molecule has 1 aromatic carbocycles. The fourth-order valence-electron chi connectivity index (χ4n) is 2.80. The smallest absolute Gasteiger partial charge is 0.239 e. The lowest BCUT2D eigenvalue weighted by Gasteiger charge is -2.20. The minimum atomic E-state index is -0.181. The molecule has 2 amide bonds. The lowest BCUT2D eigenvalue weighted by atomic mass is 9.89. The van der Waals surface area contributed by atoms with Gasteiger partial charge >= 0.3 is 0 Å². The summed E-state index contributed by atoms with van der Waals surface area (Å²) in [5.41, 5.74) is 0.933. The van der Waals surface area contributed by atoms with Gasteiger partial charge in [-0.3, -0.25) is 9.59 Å². The summed E-state index contributed by atoms with van der Waals surface area (Å²) < 4.78 is 0. The number of carbonyl (C=O) groups is 2. The molecule has 2 rings (SSSR count). The molecule has 0 unspecified atom stereocenters. The molecular weight excluding hydrogens is 335 g/mol. The second-order valence-corrected chi connectivity index (χ2v) is 6.73. The molecule has 0 radical (unpaired) electrons. The van der Waals surface area contributed by atoms with Crippen LogP contribution in [0.5, 0.6) is 0 Å². The van der Waals surface area contributed by atoms with Gasteiger partial charge in [0, 0.05) is 22.5 Å². The van der Waals surface area contributed by atoms with Crippen molar-refractivity contribution in [2.45, 2.75) is 38.5 Å². The third-order valence-electron chi connectivity index (χ3n) is 4.13. The molecule has 1 aliphatic carbocycles. The lowest BCUT2D eigenvalue weighted by molar-refractivity contribution is -0.129. The first-order valence-corrected chi connectivity index (χ1v) is 8.80. The van der Waals surface area contributed by atoms with Crippen molar-refractivity contribution in [3.05, 3.63) is 33.8 Å². The monoisotopic (exact) mass is 356 g/mol. The third kappa shape index (κ3) is 6.04. The van der Waals surface area contributed by atoms with Crippen molar-refractivity contribution in [2.24, 2.45) is 5.92 Å². The van der Waals surface area contributed by atoms with E-state index in [9.17, 15) is 9.59 Å². The zero-order valence-electron chi connectivity index (χ0n) is 13.0. The van der Waals surface area contributed by atoms with Crippen LogP contribution in [0.15, 0.2) is 18.2 Å². The van der Waals surface area contributed by atoms with E-state index in [0.717, 1.165) is 31.2 Å². The number of benzene rings is 1. The van der Waals surface area contributed by atoms with Crippen molar-refractivity contribution < 1.29 is 9.59 Å². The highest BCUT2D eigenvalue weighted by Crippen LogP contribution is 2.23. The number of rotatable bonds is 6. The van der Waals surface area contributed by atoms with Gasteiger partial charge in [-0.15, -0.1) is 0 Å². The van der Waals surface area contributed by atoms with Crippen LogP contribution in [0, 0.1) is 5.92 Å². The molecule has 23 heavy (non-hydrogen) atoms. The predicted molar refractivity (Wildman–Crippen MR) is 92.8 cm³/mol. The van der Waals surface area contributed by atoms with Crippen molar-refractivity contribution in [3.8, 4) is 0 Å². The van der Waals surface area contributed by atoms with E-state index in [1.165, 1.54) is 6.42 Å². The van der Waals surface area contributed by atoms with E-state index in [4.69, 9.17) is 23.2 Å². The van der Waals surface area contributed by atoms with E-state index in [-0.39, 0.29) is 24.3 Å². The summed E-state index contributed by atoms with van der Waals surface area (Å²) in [6.07, 6.45) is 5.90. The molecule has 1 saturated carbocycles. The molecule has 0 aliphatic heterocycles. The summed E-state index contributed by atoms with van der Waals surface area (Å²) in [6.45, 7) is 0.503. The summed E-state index contributed by atoms with van der Waals surface area (Å²) in [4.78, 5) is 23.7. The summed E-state index contributed by atoms with van der Waals surface area (Å²) in [6, 6.07) is 5.31. The van der Waals surface area contributed by atoms with Gasteiger partial charge in [-0.1, -0.05) is 48.5 Å². The Morgan fingerprint density at radius 2 is 1.83 bits per heavy atom. The molecule has 0 heterocycles. The third-order valence-corrected chi connectivity index (χ3v) is 4.72. The van der Waals surface area contributed by atoms with Gasteiger partial charge in [0.2, 0.25) is 11.8 Å². The van der Waals surface area contributed by atoms with Crippen LogP contribution in [0.25, 0.3) is 0 Å². The standard InChI is InChI=1S/C17H22Cl2N2O2/c18-14-7-6-12(15(19)10-14)8-9-20-16(22)11-21-17(23)13-4-2-1-3-5-13/h6-7,10,13H,1-5,8-9,11H2,(H,20,22)(H,21,23).